The Bertz CT molecular complexity index is 558. The van der Waals surface area contributed by atoms with E-state index < -0.39 is 29.1 Å². The van der Waals surface area contributed by atoms with E-state index in [1.807, 2.05) is 0 Å². The van der Waals surface area contributed by atoms with Gasteiger partial charge in [0.2, 0.25) is 0 Å². The predicted octanol–water partition coefficient (Wildman–Crippen LogP) is 2.85. The van der Waals surface area contributed by atoms with Gasteiger partial charge in [0.25, 0.3) is 0 Å². The molecule has 0 spiro atoms. The third kappa shape index (κ3) is 4.26. The first-order chi connectivity index (χ1) is 9.34. The smallest absolute Gasteiger partial charge is 0.344 e. The van der Waals surface area contributed by atoms with Crippen molar-refractivity contribution in [2.24, 2.45) is 0 Å². The van der Waals surface area contributed by atoms with Gasteiger partial charge in [-0.15, -0.1) is 0 Å². The topological polar surface area (TPSA) is 52.6 Å². The zero-order valence-electron chi connectivity index (χ0n) is 10.5. The van der Waals surface area contributed by atoms with Crippen molar-refractivity contribution in [1.29, 1.82) is 0 Å². The van der Waals surface area contributed by atoms with E-state index in [0.29, 0.717) is 0 Å². The molecule has 4 nitrogen and oxygen atoms in total. The normalized spacial score (nSPS) is 10.0. The Hall–Kier alpha value is -1.51. The van der Waals surface area contributed by atoms with Crippen molar-refractivity contribution in [2.45, 2.75) is 6.92 Å². The van der Waals surface area contributed by atoms with E-state index in [4.69, 9.17) is 0 Å². The molecular formula is C13H11F2IO4. The van der Waals surface area contributed by atoms with Gasteiger partial charge in [-0.25, -0.2) is 18.4 Å². The first kappa shape index (κ1) is 16.5. The molecule has 7 heteroatoms. The molecule has 0 radical (unpaired) electrons. The molecule has 0 atom stereocenters. The van der Waals surface area contributed by atoms with Crippen LogP contribution in [0.2, 0.25) is 0 Å². The van der Waals surface area contributed by atoms with Crippen LogP contribution in [0, 0.1) is 15.2 Å². The number of carbonyl (C=O) groups excluding carboxylic acids is 2. The van der Waals surface area contributed by atoms with Gasteiger partial charge in [0.1, 0.15) is 24.6 Å². The minimum atomic E-state index is -1.15. The fraction of sp³-hybridized carbons (Fsp3) is 0.231. The summed E-state index contributed by atoms with van der Waals surface area (Å²) in [5, 5.41) is 0. The van der Waals surface area contributed by atoms with Crippen LogP contribution in [0.25, 0.3) is 0 Å². The van der Waals surface area contributed by atoms with Gasteiger partial charge in [-0.2, -0.15) is 0 Å². The Morgan fingerprint density at radius 1 is 1.25 bits per heavy atom. The van der Waals surface area contributed by atoms with Crippen LogP contribution >= 0.6 is 22.6 Å². The van der Waals surface area contributed by atoms with Gasteiger partial charge in [0.15, 0.2) is 5.82 Å². The quantitative estimate of drug-likeness (QED) is 0.253. The maximum Gasteiger partial charge on any atom is 0.344 e. The summed E-state index contributed by atoms with van der Waals surface area (Å²) >= 11 is 1.63. The highest BCUT2D eigenvalue weighted by atomic mass is 127. The molecule has 0 fully saturated rings. The summed E-state index contributed by atoms with van der Waals surface area (Å²) in [6.45, 7) is 4.31. The second kappa shape index (κ2) is 7.32. The van der Waals surface area contributed by atoms with Gasteiger partial charge in [-0.05, 0) is 41.6 Å². The minimum Gasteiger partial charge on any atom is -0.459 e. The highest BCUT2D eigenvalue weighted by molar-refractivity contribution is 14.1. The van der Waals surface area contributed by atoms with Crippen LogP contribution in [-0.2, 0) is 14.3 Å². The lowest BCUT2D eigenvalue weighted by molar-refractivity contribution is -0.140. The standard InChI is InChI=1S/C13H11F2IO4/c1-7(2)12(17)19-5-6-20-13(18)10-8(14)3-4-9(16)11(10)15/h3-4H,1,5-6H2,2H3. The Labute approximate surface area is 127 Å². The molecule has 1 rings (SSSR count). The van der Waals surface area contributed by atoms with E-state index in [1.165, 1.54) is 13.0 Å². The van der Waals surface area contributed by atoms with Crippen molar-refractivity contribution in [1.82, 2.24) is 0 Å². The molecule has 0 amide bonds. The molecule has 0 unspecified atom stereocenters. The molecule has 20 heavy (non-hydrogen) atoms. The Balaban J connectivity index is 2.58. The molecule has 0 aliphatic heterocycles. The fourth-order valence-electron chi connectivity index (χ4n) is 1.18. The number of esters is 2. The highest BCUT2D eigenvalue weighted by Gasteiger charge is 2.21. The lowest BCUT2D eigenvalue weighted by atomic mass is 10.2. The van der Waals surface area contributed by atoms with E-state index in [1.54, 1.807) is 22.6 Å². The number of ether oxygens (including phenoxy) is 2. The maximum absolute atomic E-state index is 13.6. The molecule has 0 aliphatic carbocycles. The third-order valence-corrected chi connectivity index (χ3v) is 2.98. The third-order valence-electron chi connectivity index (χ3n) is 2.15. The van der Waals surface area contributed by atoms with Crippen molar-refractivity contribution in [3.63, 3.8) is 0 Å². The molecule has 1 aromatic carbocycles. The predicted molar refractivity (Wildman–Crippen MR) is 75.1 cm³/mol. The van der Waals surface area contributed by atoms with Crippen molar-refractivity contribution in [3.8, 4) is 0 Å². The van der Waals surface area contributed by atoms with Crippen molar-refractivity contribution >= 4 is 34.5 Å². The van der Waals surface area contributed by atoms with Gasteiger partial charge in [0, 0.05) is 9.14 Å². The Morgan fingerprint density at radius 2 is 1.85 bits per heavy atom. The summed E-state index contributed by atoms with van der Waals surface area (Å²) in [5.74, 6) is -3.76. The van der Waals surface area contributed by atoms with Gasteiger partial charge in [-0.3, -0.25) is 0 Å². The van der Waals surface area contributed by atoms with Crippen LogP contribution < -0.4 is 0 Å². The number of carbonyl (C=O) groups is 2. The van der Waals surface area contributed by atoms with Crippen molar-refractivity contribution in [3.05, 3.63) is 45.1 Å². The molecule has 1 aromatic rings. The maximum atomic E-state index is 13.6. The number of halogens is 3. The van der Waals surface area contributed by atoms with Crippen LogP contribution in [0.15, 0.2) is 24.3 Å². The zero-order chi connectivity index (χ0) is 15.3. The lowest BCUT2D eigenvalue weighted by Gasteiger charge is -2.08. The first-order valence-electron chi connectivity index (χ1n) is 5.48. The van der Waals surface area contributed by atoms with E-state index in [9.17, 15) is 18.4 Å². The van der Waals surface area contributed by atoms with Crippen LogP contribution in [0.4, 0.5) is 8.78 Å². The van der Waals surface area contributed by atoms with Crippen LogP contribution in [0.5, 0.6) is 0 Å². The van der Waals surface area contributed by atoms with E-state index in [0.717, 1.165) is 6.07 Å². The zero-order valence-corrected chi connectivity index (χ0v) is 12.7. The van der Waals surface area contributed by atoms with Gasteiger partial charge < -0.3 is 9.47 Å². The monoisotopic (exact) mass is 396 g/mol. The summed E-state index contributed by atoms with van der Waals surface area (Å²) in [7, 11) is 0. The summed E-state index contributed by atoms with van der Waals surface area (Å²) in [4.78, 5) is 22.6. The highest BCUT2D eigenvalue weighted by Crippen LogP contribution is 2.19. The molecular weight excluding hydrogens is 385 g/mol. The minimum absolute atomic E-state index is 0.102. The van der Waals surface area contributed by atoms with Crippen LogP contribution in [-0.4, -0.2) is 25.2 Å². The van der Waals surface area contributed by atoms with E-state index in [2.05, 4.69) is 16.1 Å². The average Bonchev–Trinajstić information content (AvgIpc) is 2.39. The number of benzene rings is 1. The SMILES string of the molecule is C=C(C)C(=O)OCCOC(=O)c1c(F)ccc(I)c1F. The molecule has 0 saturated heterocycles. The summed E-state index contributed by atoms with van der Waals surface area (Å²) in [6, 6.07) is 2.18. The number of rotatable bonds is 5. The van der Waals surface area contributed by atoms with Gasteiger partial charge in [-0.1, -0.05) is 6.58 Å². The fourth-order valence-corrected chi connectivity index (χ4v) is 1.63. The number of hydrogen-bond acceptors (Lipinski definition) is 4. The lowest BCUT2D eigenvalue weighted by Crippen LogP contribution is -2.16. The second-order valence-corrected chi connectivity index (χ2v) is 4.93. The Morgan fingerprint density at radius 3 is 2.45 bits per heavy atom. The summed E-state index contributed by atoms with van der Waals surface area (Å²) in [6.07, 6.45) is 0. The molecule has 0 aliphatic rings. The van der Waals surface area contributed by atoms with E-state index >= 15 is 0 Å². The van der Waals surface area contributed by atoms with Crippen LogP contribution in [0.3, 0.4) is 0 Å². The largest absolute Gasteiger partial charge is 0.459 e. The van der Waals surface area contributed by atoms with Gasteiger partial charge in [0.05, 0.1) is 0 Å². The molecule has 0 heterocycles. The molecule has 0 aromatic heterocycles. The first-order valence-corrected chi connectivity index (χ1v) is 6.55. The Kier molecular flexibility index (Phi) is 6.05. The van der Waals surface area contributed by atoms with E-state index in [-0.39, 0.29) is 22.4 Å². The molecule has 0 N–H and O–H groups in total. The summed E-state index contributed by atoms with van der Waals surface area (Å²) < 4.78 is 36.4. The van der Waals surface area contributed by atoms with Crippen LogP contribution in [0.1, 0.15) is 17.3 Å². The second-order valence-electron chi connectivity index (χ2n) is 3.77. The average molecular weight is 396 g/mol. The van der Waals surface area contributed by atoms with Gasteiger partial charge >= 0.3 is 11.9 Å². The van der Waals surface area contributed by atoms with Crippen molar-refractivity contribution in [2.75, 3.05) is 13.2 Å². The summed E-state index contributed by atoms with van der Waals surface area (Å²) in [5.41, 5.74) is -0.561. The molecule has 0 bridgehead atoms. The van der Waals surface area contributed by atoms with Crippen molar-refractivity contribution < 1.29 is 27.8 Å². The molecule has 108 valence electrons. The molecule has 0 saturated carbocycles. The number of hydrogen-bond donors (Lipinski definition) is 0.